The quantitative estimate of drug-likeness (QED) is 0.664. The lowest BCUT2D eigenvalue weighted by atomic mass is 10.1. The minimum absolute atomic E-state index is 0.0697. The summed E-state index contributed by atoms with van der Waals surface area (Å²) >= 11 is 0. The average molecular weight is 394 g/mol. The molecule has 4 rings (SSSR count). The Hall–Kier alpha value is -3.06. The lowest BCUT2D eigenvalue weighted by molar-refractivity contribution is 0.0624. The summed E-state index contributed by atoms with van der Waals surface area (Å²) < 4.78 is 18.6. The van der Waals surface area contributed by atoms with Crippen molar-refractivity contribution in [3.05, 3.63) is 71.3 Å². The van der Waals surface area contributed by atoms with Gasteiger partial charge in [0, 0.05) is 37.3 Å². The van der Waals surface area contributed by atoms with E-state index in [0.717, 1.165) is 25.1 Å². The number of aromatic nitrogens is 2. The predicted molar refractivity (Wildman–Crippen MR) is 107 cm³/mol. The molecule has 1 aliphatic heterocycles. The zero-order chi connectivity index (χ0) is 20.2. The second kappa shape index (κ2) is 8.53. The predicted octanol–water partition coefficient (Wildman–Crippen LogP) is 3.40. The third-order valence-electron chi connectivity index (χ3n) is 5.17. The number of hydrogen-bond acceptors (Lipinski definition) is 5. The van der Waals surface area contributed by atoms with Gasteiger partial charge in [-0.3, -0.25) is 9.69 Å². The van der Waals surface area contributed by atoms with E-state index < -0.39 is 0 Å². The number of piperazine rings is 1. The second-order valence-electron chi connectivity index (χ2n) is 7.14. The lowest BCUT2D eigenvalue weighted by Crippen LogP contribution is -2.48. The maximum atomic E-state index is 13.4. The van der Waals surface area contributed by atoms with Crippen LogP contribution in [0.25, 0.3) is 11.5 Å². The molecule has 6 nitrogen and oxygen atoms in total. The Bertz CT molecular complexity index is 978. The van der Waals surface area contributed by atoms with Gasteiger partial charge in [0.25, 0.3) is 11.8 Å². The molecular formula is C22H23FN4O2. The third-order valence-corrected chi connectivity index (χ3v) is 5.17. The van der Waals surface area contributed by atoms with Crippen molar-refractivity contribution in [2.45, 2.75) is 19.9 Å². The van der Waals surface area contributed by atoms with Crippen LogP contribution in [0, 0.1) is 5.82 Å². The molecule has 0 radical (unpaired) electrons. The minimum Gasteiger partial charge on any atom is -0.336 e. The SMILES string of the molecule is CCc1ccc(C(=O)N2CCN(Cc3noc(-c4cccc(F)c4)n3)CC2)cc1. The first-order chi connectivity index (χ1) is 14.1. The van der Waals surface area contributed by atoms with Gasteiger partial charge in [-0.1, -0.05) is 30.3 Å². The number of amides is 1. The molecule has 2 aromatic carbocycles. The van der Waals surface area contributed by atoms with Crippen molar-refractivity contribution in [3.63, 3.8) is 0 Å². The van der Waals surface area contributed by atoms with E-state index in [1.165, 1.54) is 17.7 Å². The van der Waals surface area contributed by atoms with Crippen LogP contribution < -0.4 is 0 Å². The lowest BCUT2D eigenvalue weighted by Gasteiger charge is -2.34. The van der Waals surface area contributed by atoms with Gasteiger partial charge in [0.15, 0.2) is 5.82 Å². The maximum Gasteiger partial charge on any atom is 0.258 e. The van der Waals surface area contributed by atoms with Gasteiger partial charge in [0.2, 0.25) is 0 Å². The number of nitrogens with zero attached hydrogens (tertiary/aromatic N) is 4. The molecule has 0 aliphatic carbocycles. The highest BCUT2D eigenvalue weighted by Crippen LogP contribution is 2.19. The Morgan fingerprint density at radius 1 is 1.10 bits per heavy atom. The van der Waals surface area contributed by atoms with E-state index in [4.69, 9.17) is 4.52 Å². The zero-order valence-electron chi connectivity index (χ0n) is 16.3. The number of carbonyl (C=O) groups is 1. The van der Waals surface area contributed by atoms with E-state index in [9.17, 15) is 9.18 Å². The van der Waals surface area contributed by atoms with E-state index in [0.29, 0.717) is 36.9 Å². The first-order valence-electron chi connectivity index (χ1n) is 9.81. The van der Waals surface area contributed by atoms with Crippen LogP contribution in [0.2, 0.25) is 0 Å². The van der Waals surface area contributed by atoms with E-state index in [1.807, 2.05) is 29.2 Å². The topological polar surface area (TPSA) is 62.5 Å². The molecule has 0 unspecified atom stereocenters. The number of aryl methyl sites for hydroxylation is 1. The summed E-state index contributed by atoms with van der Waals surface area (Å²) in [4.78, 5) is 21.1. The van der Waals surface area contributed by atoms with Crippen molar-refractivity contribution in [2.75, 3.05) is 26.2 Å². The van der Waals surface area contributed by atoms with E-state index in [1.54, 1.807) is 12.1 Å². The van der Waals surface area contributed by atoms with Crippen molar-refractivity contribution < 1.29 is 13.7 Å². The first-order valence-corrected chi connectivity index (χ1v) is 9.81. The molecule has 0 spiro atoms. The Kier molecular flexibility index (Phi) is 5.67. The molecule has 1 fully saturated rings. The summed E-state index contributed by atoms with van der Waals surface area (Å²) in [6.45, 7) is 5.42. The molecule has 1 saturated heterocycles. The van der Waals surface area contributed by atoms with Gasteiger partial charge in [-0.05, 0) is 42.3 Å². The van der Waals surface area contributed by atoms with Gasteiger partial charge in [-0.2, -0.15) is 4.98 Å². The van der Waals surface area contributed by atoms with Crippen LogP contribution in [0.1, 0.15) is 28.7 Å². The van der Waals surface area contributed by atoms with Crippen LogP contribution in [0.4, 0.5) is 4.39 Å². The van der Waals surface area contributed by atoms with Crippen molar-refractivity contribution in [1.29, 1.82) is 0 Å². The summed E-state index contributed by atoms with van der Waals surface area (Å²) in [5, 5.41) is 4.00. The van der Waals surface area contributed by atoms with Crippen LogP contribution >= 0.6 is 0 Å². The molecule has 29 heavy (non-hydrogen) atoms. The Labute approximate surface area is 168 Å². The molecule has 7 heteroatoms. The standard InChI is InChI=1S/C22H23FN4O2/c1-2-16-6-8-17(9-7-16)22(28)27-12-10-26(11-13-27)15-20-24-21(29-25-20)18-4-3-5-19(23)14-18/h3-9,14H,2,10-13,15H2,1H3. The molecule has 1 aliphatic rings. The summed E-state index contributed by atoms with van der Waals surface area (Å²) in [5.74, 6) is 0.593. The first kappa shape index (κ1) is 19.3. The van der Waals surface area contributed by atoms with Crippen LogP contribution in [0.15, 0.2) is 53.1 Å². The van der Waals surface area contributed by atoms with Gasteiger partial charge in [-0.15, -0.1) is 0 Å². The molecule has 0 bridgehead atoms. The molecule has 150 valence electrons. The molecule has 3 aromatic rings. The van der Waals surface area contributed by atoms with Gasteiger partial charge in [0.1, 0.15) is 5.82 Å². The number of halogens is 1. The van der Waals surface area contributed by atoms with Crippen molar-refractivity contribution in [1.82, 2.24) is 19.9 Å². The zero-order valence-corrected chi connectivity index (χ0v) is 16.3. The van der Waals surface area contributed by atoms with E-state index in [-0.39, 0.29) is 11.7 Å². The number of benzene rings is 2. The minimum atomic E-state index is -0.340. The van der Waals surface area contributed by atoms with Crippen molar-refractivity contribution >= 4 is 5.91 Å². The molecular weight excluding hydrogens is 371 g/mol. The smallest absolute Gasteiger partial charge is 0.258 e. The monoisotopic (exact) mass is 394 g/mol. The summed E-state index contributed by atoms with van der Waals surface area (Å²) in [6.07, 6.45) is 0.962. The fourth-order valence-corrected chi connectivity index (χ4v) is 3.43. The Balaban J connectivity index is 1.32. The van der Waals surface area contributed by atoms with E-state index in [2.05, 4.69) is 22.0 Å². The third kappa shape index (κ3) is 4.51. The summed E-state index contributed by atoms with van der Waals surface area (Å²) in [5.41, 5.74) is 2.52. The second-order valence-corrected chi connectivity index (χ2v) is 7.14. The Morgan fingerprint density at radius 3 is 2.55 bits per heavy atom. The molecule has 1 aromatic heterocycles. The van der Waals surface area contributed by atoms with Gasteiger partial charge in [0.05, 0.1) is 6.54 Å². The molecule has 0 saturated carbocycles. The number of rotatable bonds is 5. The fourth-order valence-electron chi connectivity index (χ4n) is 3.43. The van der Waals surface area contributed by atoms with Gasteiger partial charge < -0.3 is 9.42 Å². The highest BCUT2D eigenvalue weighted by molar-refractivity contribution is 5.94. The summed E-state index contributed by atoms with van der Waals surface area (Å²) in [6, 6.07) is 13.9. The fraction of sp³-hybridized carbons (Fsp3) is 0.318. The van der Waals surface area contributed by atoms with Crippen LogP contribution in [-0.4, -0.2) is 52.0 Å². The van der Waals surface area contributed by atoms with Gasteiger partial charge >= 0.3 is 0 Å². The molecule has 0 atom stereocenters. The van der Waals surface area contributed by atoms with Crippen LogP contribution in [-0.2, 0) is 13.0 Å². The maximum absolute atomic E-state index is 13.4. The van der Waals surface area contributed by atoms with E-state index >= 15 is 0 Å². The average Bonchev–Trinajstić information content (AvgIpc) is 3.22. The van der Waals surface area contributed by atoms with Crippen molar-refractivity contribution in [3.8, 4) is 11.5 Å². The highest BCUT2D eigenvalue weighted by atomic mass is 19.1. The molecule has 1 amide bonds. The highest BCUT2D eigenvalue weighted by Gasteiger charge is 2.23. The number of carbonyl (C=O) groups excluding carboxylic acids is 1. The van der Waals surface area contributed by atoms with Crippen LogP contribution in [0.5, 0.6) is 0 Å². The number of hydrogen-bond donors (Lipinski definition) is 0. The molecule has 0 N–H and O–H groups in total. The Morgan fingerprint density at radius 2 is 1.86 bits per heavy atom. The normalized spacial score (nSPS) is 14.9. The van der Waals surface area contributed by atoms with Gasteiger partial charge in [-0.25, -0.2) is 4.39 Å². The van der Waals surface area contributed by atoms with Crippen LogP contribution in [0.3, 0.4) is 0 Å². The molecule has 2 heterocycles. The summed E-state index contributed by atoms with van der Waals surface area (Å²) in [7, 11) is 0. The van der Waals surface area contributed by atoms with Crippen molar-refractivity contribution in [2.24, 2.45) is 0 Å². The largest absolute Gasteiger partial charge is 0.336 e.